The van der Waals surface area contributed by atoms with Crippen LogP contribution < -0.4 is 0 Å². The Hall–Kier alpha value is -2.53. The number of nitrogens with zero attached hydrogens (tertiary/aromatic N) is 2. The van der Waals surface area contributed by atoms with Crippen LogP contribution in [0, 0.1) is 27.9 Å². The SMILES string of the molecule is O=C(CCC/C=C\C[C@@H]1[C@@H](CC[C@@H](O)CCc2ccccc2)[C@H](O)C[C@@H]1O)OCCCN1CCC(CCCO[N+](=O)[O-])CC1. The first-order chi connectivity index (χ1) is 21.3. The maximum Gasteiger partial charge on any atom is 0.305 e. The molecule has 2 fully saturated rings. The third-order valence-electron chi connectivity index (χ3n) is 9.33. The van der Waals surface area contributed by atoms with Gasteiger partial charge in [0.2, 0.25) is 0 Å². The third kappa shape index (κ3) is 14.1. The molecule has 1 aromatic carbocycles. The lowest BCUT2D eigenvalue weighted by molar-refractivity contribution is -0.757. The number of unbranched alkanes of at least 4 members (excludes halogenated alkanes) is 1. The molecular formula is C34H54N2O8. The quantitative estimate of drug-likeness (QED) is 0.0578. The van der Waals surface area contributed by atoms with Gasteiger partial charge in [-0.1, -0.05) is 42.5 Å². The van der Waals surface area contributed by atoms with E-state index >= 15 is 0 Å². The number of hydrogen-bond acceptors (Lipinski definition) is 9. The highest BCUT2D eigenvalue weighted by molar-refractivity contribution is 5.69. The summed E-state index contributed by atoms with van der Waals surface area (Å²) in [5, 5.41) is 41.0. The van der Waals surface area contributed by atoms with E-state index in [1.807, 2.05) is 18.2 Å². The topological polar surface area (TPSA) is 143 Å². The van der Waals surface area contributed by atoms with Gasteiger partial charge in [-0.25, -0.2) is 0 Å². The van der Waals surface area contributed by atoms with Crippen molar-refractivity contribution in [3.8, 4) is 0 Å². The van der Waals surface area contributed by atoms with Crippen LogP contribution in [-0.4, -0.2) is 82.4 Å². The van der Waals surface area contributed by atoms with Crippen molar-refractivity contribution in [2.45, 2.75) is 108 Å². The summed E-state index contributed by atoms with van der Waals surface area (Å²) in [5.74, 6) is 0.382. The van der Waals surface area contributed by atoms with Crippen molar-refractivity contribution in [3.63, 3.8) is 0 Å². The van der Waals surface area contributed by atoms with Crippen molar-refractivity contribution >= 4 is 5.97 Å². The van der Waals surface area contributed by atoms with Crippen molar-refractivity contribution in [1.29, 1.82) is 0 Å². The zero-order valence-corrected chi connectivity index (χ0v) is 26.2. The molecule has 1 saturated carbocycles. The van der Waals surface area contributed by atoms with Crippen molar-refractivity contribution in [3.05, 3.63) is 58.2 Å². The van der Waals surface area contributed by atoms with Gasteiger partial charge in [0.05, 0.1) is 31.5 Å². The second-order valence-corrected chi connectivity index (χ2v) is 12.6. The summed E-state index contributed by atoms with van der Waals surface area (Å²) in [6, 6.07) is 10.1. The van der Waals surface area contributed by atoms with Crippen LogP contribution in [0.15, 0.2) is 42.5 Å². The minimum Gasteiger partial charge on any atom is -0.466 e. The summed E-state index contributed by atoms with van der Waals surface area (Å²) in [5.41, 5.74) is 1.21. The summed E-state index contributed by atoms with van der Waals surface area (Å²) >= 11 is 0. The number of esters is 1. The number of ether oxygens (including phenoxy) is 1. The van der Waals surface area contributed by atoms with Gasteiger partial charge in [0.15, 0.2) is 0 Å². The van der Waals surface area contributed by atoms with Crippen LogP contribution in [0.2, 0.25) is 0 Å². The van der Waals surface area contributed by atoms with Gasteiger partial charge in [-0.05, 0) is 120 Å². The molecule has 0 radical (unpaired) electrons. The van der Waals surface area contributed by atoms with Gasteiger partial charge in [0.1, 0.15) is 0 Å². The van der Waals surface area contributed by atoms with Crippen LogP contribution in [0.4, 0.5) is 0 Å². The zero-order valence-electron chi connectivity index (χ0n) is 26.2. The Balaban J connectivity index is 1.20. The lowest BCUT2D eigenvalue weighted by Crippen LogP contribution is -2.35. The number of likely N-dealkylation sites (tertiary alicyclic amines) is 1. The molecule has 5 atom stereocenters. The average Bonchev–Trinajstić information content (AvgIpc) is 3.29. The van der Waals surface area contributed by atoms with Crippen LogP contribution in [-0.2, 0) is 20.8 Å². The maximum absolute atomic E-state index is 12.1. The molecule has 1 aliphatic carbocycles. The van der Waals surface area contributed by atoms with E-state index in [4.69, 9.17) is 4.74 Å². The highest BCUT2D eigenvalue weighted by Crippen LogP contribution is 2.38. The van der Waals surface area contributed by atoms with E-state index in [-0.39, 0.29) is 24.4 Å². The first-order valence-electron chi connectivity index (χ1n) is 16.7. The predicted molar refractivity (Wildman–Crippen MR) is 168 cm³/mol. The van der Waals surface area contributed by atoms with Crippen molar-refractivity contribution < 1.29 is 34.8 Å². The Morgan fingerprint density at radius 3 is 2.50 bits per heavy atom. The van der Waals surface area contributed by atoms with Gasteiger partial charge in [0.25, 0.3) is 5.09 Å². The second kappa shape index (κ2) is 20.5. The molecular weight excluding hydrogens is 564 g/mol. The molecule has 10 nitrogen and oxygen atoms in total. The zero-order chi connectivity index (χ0) is 31.6. The number of rotatable bonds is 21. The molecule has 2 aliphatic rings. The number of aliphatic hydroxyl groups excluding tert-OH is 3. The monoisotopic (exact) mass is 618 g/mol. The fourth-order valence-electron chi connectivity index (χ4n) is 6.70. The smallest absolute Gasteiger partial charge is 0.305 e. The van der Waals surface area contributed by atoms with E-state index in [0.717, 1.165) is 58.2 Å². The van der Waals surface area contributed by atoms with E-state index in [1.54, 1.807) is 0 Å². The number of aryl methyl sites for hydroxylation is 1. The average molecular weight is 619 g/mol. The number of hydrogen-bond donors (Lipinski definition) is 3. The van der Waals surface area contributed by atoms with E-state index in [0.29, 0.717) is 63.9 Å². The molecule has 0 aromatic heterocycles. The van der Waals surface area contributed by atoms with E-state index < -0.39 is 23.4 Å². The summed E-state index contributed by atoms with van der Waals surface area (Å²) in [4.78, 5) is 29.1. The van der Waals surface area contributed by atoms with E-state index in [2.05, 4.69) is 34.0 Å². The predicted octanol–water partition coefficient (Wildman–Crippen LogP) is 4.87. The molecule has 10 heteroatoms. The molecule has 1 aliphatic heterocycles. The van der Waals surface area contributed by atoms with Gasteiger partial charge >= 0.3 is 5.97 Å². The number of carbonyl (C=O) groups is 1. The van der Waals surface area contributed by atoms with Crippen molar-refractivity contribution in [2.24, 2.45) is 17.8 Å². The highest BCUT2D eigenvalue weighted by Gasteiger charge is 2.40. The molecule has 3 rings (SSSR count). The summed E-state index contributed by atoms with van der Waals surface area (Å²) in [7, 11) is 0. The van der Waals surface area contributed by atoms with Gasteiger partial charge in [-0.3, -0.25) is 4.79 Å². The van der Waals surface area contributed by atoms with Crippen LogP contribution in [0.3, 0.4) is 0 Å². The van der Waals surface area contributed by atoms with Gasteiger partial charge < -0.3 is 29.8 Å². The molecule has 44 heavy (non-hydrogen) atoms. The lowest BCUT2D eigenvalue weighted by Gasteiger charge is -2.31. The first kappa shape index (κ1) is 35.9. The molecule has 1 heterocycles. The van der Waals surface area contributed by atoms with Crippen LogP contribution >= 0.6 is 0 Å². The molecule has 248 valence electrons. The summed E-state index contributed by atoms with van der Waals surface area (Å²) in [6.07, 6.45) is 13.0. The Labute approximate surface area is 262 Å². The fourth-order valence-corrected chi connectivity index (χ4v) is 6.70. The molecule has 0 spiro atoms. The number of allylic oxidation sites excluding steroid dienone is 2. The van der Waals surface area contributed by atoms with Gasteiger partial charge in [-0.15, -0.1) is 10.1 Å². The number of benzene rings is 1. The molecule has 0 unspecified atom stereocenters. The Morgan fingerprint density at radius 1 is 1.00 bits per heavy atom. The fraction of sp³-hybridized carbons (Fsp3) is 0.735. The van der Waals surface area contributed by atoms with Gasteiger partial charge in [-0.2, -0.15) is 0 Å². The second-order valence-electron chi connectivity index (χ2n) is 12.6. The van der Waals surface area contributed by atoms with Crippen LogP contribution in [0.5, 0.6) is 0 Å². The minimum absolute atomic E-state index is 0.0197. The highest BCUT2D eigenvalue weighted by atomic mass is 16.9. The number of aliphatic hydroxyl groups is 3. The molecule has 0 amide bonds. The summed E-state index contributed by atoms with van der Waals surface area (Å²) in [6.45, 7) is 3.53. The largest absolute Gasteiger partial charge is 0.466 e. The Bertz CT molecular complexity index is 969. The number of piperidine rings is 1. The lowest BCUT2D eigenvalue weighted by atomic mass is 9.85. The normalized spacial score (nSPS) is 23.6. The van der Waals surface area contributed by atoms with Crippen LogP contribution in [0.1, 0.15) is 89.0 Å². The Kier molecular flexibility index (Phi) is 16.7. The molecule has 0 bridgehead atoms. The Morgan fingerprint density at radius 2 is 1.75 bits per heavy atom. The molecule has 3 N–H and O–H groups in total. The minimum atomic E-state index is -0.733. The van der Waals surface area contributed by atoms with Crippen LogP contribution in [0.25, 0.3) is 0 Å². The van der Waals surface area contributed by atoms with Crippen molar-refractivity contribution in [2.75, 3.05) is 32.8 Å². The molecule has 1 saturated heterocycles. The van der Waals surface area contributed by atoms with E-state index in [1.165, 1.54) is 5.56 Å². The van der Waals surface area contributed by atoms with Gasteiger partial charge in [0, 0.05) is 13.0 Å². The standard InChI is InChI=1S/C34H54N2O8/c37-29(16-15-27-10-4-3-5-11-27)17-18-31-30(32(38)26-33(31)39)13-6-1-2-7-14-34(40)43-24-9-21-35-22-19-28(20-23-35)12-8-25-44-36(41)42/h1,3-6,10-11,28-33,37-39H,2,7-9,12-26H2/b6-1-/t29-,30+,31+,32-,33+/m0/s1. The first-order valence-corrected chi connectivity index (χ1v) is 16.7. The summed E-state index contributed by atoms with van der Waals surface area (Å²) < 4.78 is 5.42. The van der Waals surface area contributed by atoms with E-state index in [9.17, 15) is 30.2 Å². The van der Waals surface area contributed by atoms with Crippen molar-refractivity contribution in [1.82, 2.24) is 4.90 Å². The molecule has 1 aromatic rings. The third-order valence-corrected chi connectivity index (χ3v) is 9.33. The maximum atomic E-state index is 12.1. The number of carbonyl (C=O) groups excluding carboxylic acids is 1.